The number of likely N-dealkylation sites (tertiary alicyclic amines) is 2. The normalized spacial score (nSPS) is 22.2. The highest BCUT2D eigenvalue weighted by Gasteiger charge is 2.38. The van der Waals surface area contributed by atoms with Crippen LogP contribution in [0.2, 0.25) is 0 Å². The number of hydrogen-bond donors (Lipinski definition) is 0. The van der Waals surface area contributed by atoms with Gasteiger partial charge in [-0.1, -0.05) is 5.16 Å². The fourth-order valence-electron chi connectivity index (χ4n) is 4.26. The molecular formula is C22H28N4O4. The van der Waals surface area contributed by atoms with Crippen LogP contribution >= 0.6 is 0 Å². The number of ether oxygens (including phenoxy) is 2. The zero-order valence-corrected chi connectivity index (χ0v) is 17.3. The summed E-state index contributed by atoms with van der Waals surface area (Å²) in [5, 5.41) is 4.22. The van der Waals surface area contributed by atoms with Crippen molar-refractivity contribution in [3.63, 3.8) is 0 Å². The summed E-state index contributed by atoms with van der Waals surface area (Å²) in [6, 6.07) is 7.47. The topological polar surface area (TPSA) is 80.9 Å². The Bertz CT molecular complexity index is 874. The Balaban J connectivity index is 1.10. The maximum absolute atomic E-state index is 12.4. The maximum atomic E-state index is 12.4. The van der Waals surface area contributed by atoms with Gasteiger partial charge in [-0.05, 0) is 62.4 Å². The molecule has 0 bridgehead atoms. The van der Waals surface area contributed by atoms with Crippen LogP contribution in [0.25, 0.3) is 0 Å². The van der Waals surface area contributed by atoms with Gasteiger partial charge in [0.2, 0.25) is 5.89 Å². The van der Waals surface area contributed by atoms with E-state index in [4.69, 9.17) is 19.0 Å². The van der Waals surface area contributed by atoms with Crippen molar-refractivity contribution < 1.29 is 18.8 Å². The minimum Gasteiger partial charge on any atom is -0.497 e. The van der Waals surface area contributed by atoms with Crippen molar-refractivity contribution in [1.82, 2.24) is 19.9 Å². The first-order valence-corrected chi connectivity index (χ1v) is 10.8. The maximum Gasteiger partial charge on any atom is 0.260 e. The van der Waals surface area contributed by atoms with E-state index in [1.54, 1.807) is 24.1 Å². The quantitative estimate of drug-likeness (QED) is 0.659. The number of benzene rings is 1. The Morgan fingerprint density at radius 2 is 1.93 bits per heavy atom. The second kappa shape index (κ2) is 8.26. The van der Waals surface area contributed by atoms with Crippen LogP contribution < -0.4 is 9.47 Å². The van der Waals surface area contributed by atoms with Gasteiger partial charge < -0.3 is 18.9 Å². The first-order valence-electron chi connectivity index (χ1n) is 10.8. The SMILES string of the molecule is COc1ccc(OCC(=O)N2CC(c3noc(C4CCCN4CC4CC4)n3)C2)cc1. The van der Waals surface area contributed by atoms with Crippen LogP contribution in [0.4, 0.5) is 0 Å². The summed E-state index contributed by atoms with van der Waals surface area (Å²) in [6.45, 7) is 3.52. The lowest BCUT2D eigenvalue weighted by atomic mass is 9.99. The van der Waals surface area contributed by atoms with Crippen molar-refractivity contribution in [3.05, 3.63) is 36.0 Å². The minimum atomic E-state index is -0.0304. The van der Waals surface area contributed by atoms with Crippen LogP contribution in [0.3, 0.4) is 0 Å². The third-order valence-electron chi connectivity index (χ3n) is 6.32. The molecule has 160 valence electrons. The highest BCUT2D eigenvalue weighted by molar-refractivity contribution is 5.78. The molecule has 1 saturated carbocycles. The fourth-order valence-corrected chi connectivity index (χ4v) is 4.26. The van der Waals surface area contributed by atoms with E-state index < -0.39 is 0 Å². The predicted molar refractivity (Wildman–Crippen MR) is 108 cm³/mol. The lowest BCUT2D eigenvalue weighted by Gasteiger charge is -2.37. The Hall–Kier alpha value is -2.61. The summed E-state index contributed by atoms with van der Waals surface area (Å²) in [7, 11) is 1.62. The molecule has 30 heavy (non-hydrogen) atoms. The van der Waals surface area contributed by atoms with E-state index in [1.807, 2.05) is 12.1 Å². The molecule has 8 heteroatoms. The lowest BCUT2D eigenvalue weighted by molar-refractivity contribution is -0.138. The third-order valence-corrected chi connectivity index (χ3v) is 6.32. The first kappa shape index (κ1) is 19.4. The van der Waals surface area contributed by atoms with Crippen LogP contribution in [0.1, 0.15) is 49.4 Å². The predicted octanol–water partition coefficient (Wildman–Crippen LogP) is 2.63. The Labute approximate surface area is 176 Å². The fraction of sp³-hybridized carbons (Fsp3) is 0.591. The van der Waals surface area contributed by atoms with Crippen molar-refractivity contribution in [2.45, 2.75) is 37.6 Å². The second-order valence-electron chi connectivity index (χ2n) is 8.55. The lowest BCUT2D eigenvalue weighted by Crippen LogP contribution is -2.50. The number of carbonyl (C=O) groups is 1. The van der Waals surface area contributed by atoms with Gasteiger partial charge in [-0.15, -0.1) is 0 Å². The molecule has 2 aliphatic heterocycles. The summed E-state index contributed by atoms with van der Waals surface area (Å²) in [4.78, 5) is 21.3. The van der Waals surface area contributed by atoms with Crippen molar-refractivity contribution in [2.75, 3.05) is 39.9 Å². The van der Waals surface area contributed by atoms with E-state index >= 15 is 0 Å². The molecule has 2 aromatic rings. The average Bonchev–Trinajstić information content (AvgIpc) is 3.21. The molecule has 3 aliphatic rings. The number of methoxy groups -OCH3 is 1. The molecule has 1 atom stereocenters. The van der Waals surface area contributed by atoms with Crippen molar-refractivity contribution >= 4 is 5.91 Å². The zero-order valence-electron chi connectivity index (χ0n) is 17.3. The van der Waals surface area contributed by atoms with Crippen LogP contribution in [0.15, 0.2) is 28.8 Å². The van der Waals surface area contributed by atoms with Crippen molar-refractivity contribution in [1.29, 1.82) is 0 Å². The molecule has 3 fully saturated rings. The molecule has 1 aliphatic carbocycles. The smallest absolute Gasteiger partial charge is 0.260 e. The van der Waals surface area contributed by atoms with Crippen LogP contribution in [-0.2, 0) is 4.79 Å². The molecule has 1 amide bonds. The number of rotatable bonds is 8. The van der Waals surface area contributed by atoms with Crippen LogP contribution in [0.5, 0.6) is 11.5 Å². The van der Waals surface area contributed by atoms with Gasteiger partial charge in [0.1, 0.15) is 11.5 Å². The molecule has 2 saturated heterocycles. The molecule has 1 unspecified atom stereocenters. The molecule has 0 radical (unpaired) electrons. The molecule has 3 heterocycles. The zero-order chi connectivity index (χ0) is 20.5. The molecular weight excluding hydrogens is 384 g/mol. The van der Waals surface area contributed by atoms with Gasteiger partial charge in [0.25, 0.3) is 5.91 Å². The Kier molecular flexibility index (Phi) is 5.33. The summed E-state index contributed by atoms with van der Waals surface area (Å²) in [5.41, 5.74) is 0. The van der Waals surface area contributed by atoms with Gasteiger partial charge >= 0.3 is 0 Å². The molecule has 1 aromatic carbocycles. The van der Waals surface area contributed by atoms with Crippen LogP contribution in [-0.4, -0.2) is 65.7 Å². The molecule has 5 rings (SSSR count). The van der Waals surface area contributed by atoms with Crippen molar-refractivity contribution in [2.24, 2.45) is 5.92 Å². The first-order chi connectivity index (χ1) is 14.7. The number of hydrogen-bond acceptors (Lipinski definition) is 7. The molecule has 0 spiro atoms. The van der Waals surface area contributed by atoms with Gasteiger partial charge in [-0.25, -0.2) is 0 Å². The largest absolute Gasteiger partial charge is 0.497 e. The summed E-state index contributed by atoms with van der Waals surface area (Å²) < 4.78 is 16.3. The highest BCUT2D eigenvalue weighted by Crippen LogP contribution is 2.37. The van der Waals surface area contributed by atoms with Gasteiger partial charge in [0, 0.05) is 19.6 Å². The summed E-state index contributed by atoms with van der Waals surface area (Å²) in [6.07, 6.45) is 4.99. The third kappa shape index (κ3) is 4.14. The van der Waals surface area contributed by atoms with Gasteiger partial charge in [-0.3, -0.25) is 9.69 Å². The number of nitrogens with zero attached hydrogens (tertiary/aromatic N) is 4. The molecule has 8 nitrogen and oxygen atoms in total. The van der Waals surface area contributed by atoms with E-state index in [0.717, 1.165) is 42.9 Å². The number of carbonyl (C=O) groups excluding carboxylic acids is 1. The van der Waals surface area contributed by atoms with Crippen molar-refractivity contribution in [3.8, 4) is 11.5 Å². The number of aromatic nitrogens is 2. The van der Waals surface area contributed by atoms with Gasteiger partial charge in [0.15, 0.2) is 12.4 Å². The van der Waals surface area contributed by atoms with Gasteiger partial charge in [0.05, 0.1) is 19.1 Å². The van der Waals surface area contributed by atoms with E-state index in [-0.39, 0.29) is 24.5 Å². The minimum absolute atomic E-state index is 0.0226. The number of amides is 1. The molecule has 1 aromatic heterocycles. The summed E-state index contributed by atoms with van der Waals surface area (Å²) in [5.74, 6) is 3.85. The second-order valence-corrected chi connectivity index (χ2v) is 8.55. The summed E-state index contributed by atoms with van der Waals surface area (Å²) >= 11 is 0. The Morgan fingerprint density at radius 1 is 1.17 bits per heavy atom. The highest BCUT2D eigenvalue weighted by atomic mass is 16.5. The molecule has 0 N–H and O–H groups in total. The monoisotopic (exact) mass is 412 g/mol. The van der Waals surface area contributed by atoms with E-state index in [0.29, 0.717) is 18.8 Å². The van der Waals surface area contributed by atoms with E-state index in [2.05, 4.69) is 10.1 Å². The van der Waals surface area contributed by atoms with Gasteiger partial charge in [-0.2, -0.15) is 4.98 Å². The Morgan fingerprint density at radius 3 is 2.67 bits per heavy atom. The van der Waals surface area contributed by atoms with E-state index in [9.17, 15) is 4.79 Å². The van der Waals surface area contributed by atoms with E-state index in [1.165, 1.54) is 19.3 Å². The van der Waals surface area contributed by atoms with Crippen LogP contribution in [0, 0.1) is 5.92 Å². The standard InChI is InChI=1S/C22H28N4O4/c1-28-17-6-8-18(9-7-17)29-14-20(27)26-12-16(13-26)21-23-22(30-24-21)19-3-2-10-25(19)11-15-4-5-15/h6-9,15-16,19H,2-5,10-14H2,1H3. The average molecular weight is 412 g/mol.